The minimum absolute atomic E-state index is 0.569. The van der Waals surface area contributed by atoms with Gasteiger partial charge in [0, 0.05) is 18.0 Å². The van der Waals surface area contributed by atoms with Gasteiger partial charge in [-0.05, 0) is 37.3 Å². The summed E-state index contributed by atoms with van der Waals surface area (Å²) in [7, 11) is 0. The van der Waals surface area contributed by atoms with Crippen LogP contribution < -0.4 is 11.1 Å². The van der Waals surface area contributed by atoms with Crippen molar-refractivity contribution in [3.63, 3.8) is 0 Å². The van der Waals surface area contributed by atoms with E-state index in [1.165, 1.54) is 24.1 Å². The molecule has 1 aromatic rings. The number of nitrogens with one attached hydrogen (secondary N) is 1. The van der Waals surface area contributed by atoms with Crippen molar-refractivity contribution in [2.45, 2.75) is 25.7 Å². The predicted octanol–water partition coefficient (Wildman–Crippen LogP) is 2.65. The molecule has 94 valence electrons. The Morgan fingerprint density at radius 1 is 1.53 bits per heavy atom. The summed E-state index contributed by atoms with van der Waals surface area (Å²) in [5.74, 6) is 1.34. The van der Waals surface area contributed by atoms with Gasteiger partial charge in [0.2, 0.25) is 0 Å². The van der Waals surface area contributed by atoms with Crippen LogP contribution in [-0.2, 0) is 6.42 Å². The summed E-state index contributed by atoms with van der Waals surface area (Å²) < 4.78 is 0.839. The Balaban J connectivity index is 1.63. The summed E-state index contributed by atoms with van der Waals surface area (Å²) in [5.41, 5.74) is 5.79. The molecule has 2 rings (SSSR count). The molecule has 1 saturated carbocycles. The fraction of sp³-hybridized carbons (Fsp3) is 0.583. The Morgan fingerprint density at radius 2 is 2.35 bits per heavy atom. The lowest BCUT2D eigenvalue weighted by atomic mass is 9.86. The molecule has 1 aliphatic rings. The van der Waals surface area contributed by atoms with E-state index >= 15 is 0 Å². The van der Waals surface area contributed by atoms with Crippen LogP contribution in [0.25, 0.3) is 0 Å². The first-order chi connectivity index (χ1) is 8.24. The third-order valence-corrected chi connectivity index (χ3v) is 4.34. The maximum atomic E-state index is 5.86. The van der Waals surface area contributed by atoms with E-state index < -0.39 is 0 Å². The first-order valence-corrected chi connectivity index (χ1v) is 7.21. The van der Waals surface area contributed by atoms with Crippen LogP contribution in [0.2, 0.25) is 4.34 Å². The Bertz CT molecular complexity index is 385. The molecular formula is C12H18ClN3S. The van der Waals surface area contributed by atoms with Gasteiger partial charge in [-0.15, -0.1) is 11.3 Å². The van der Waals surface area contributed by atoms with Crippen LogP contribution in [0.5, 0.6) is 0 Å². The molecule has 1 aromatic heterocycles. The second-order valence-corrected chi connectivity index (χ2v) is 6.21. The summed E-state index contributed by atoms with van der Waals surface area (Å²) in [5, 5.41) is 3.14. The van der Waals surface area contributed by atoms with Gasteiger partial charge in [-0.1, -0.05) is 18.0 Å². The number of hydrogen-bond acceptors (Lipinski definition) is 2. The van der Waals surface area contributed by atoms with Gasteiger partial charge >= 0.3 is 0 Å². The van der Waals surface area contributed by atoms with Crippen LogP contribution in [-0.4, -0.2) is 19.0 Å². The maximum Gasteiger partial charge on any atom is 0.188 e. The molecular weight excluding hydrogens is 254 g/mol. The first kappa shape index (κ1) is 12.7. The third-order valence-electron chi connectivity index (χ3n) is 3.05. The Kier molecular flexibility index (Phi) is 4.68. The zero-order valence-corrected chi connectivity index (χ0v) is 11.4. The molecule has 3 nitrogen and oxygen atoms in total. The van der Waals surface area contributed by atoms with E-state index in [1.807, 2.05) is 6.07 Å². The number of thiophene rings is 1. The fourth-order valence-electron chi connectivity index (χ4n) is 1.76. The van der Waals surface area contributed by atoms with Crippen molar-refractivity contribution in [2.75, 3.05) is 13.1 Å². The highest BCUT2D eigenvalue weighted by atomic mass is 35.5. The number of aliphatic imine (C=N–C) groups is 1. The lowest BCUT2D eigenvalue weighted by molar-refractivity contribution is 0.326. The normalized spacial score (nSPS) is 16.9. The lowest BCUT2D eigenvalue weighted by Crippen LogP contribution is -2.34. The zero-order chi connectivity index (χ0) is 12.1. The molecule has 0 amide bonds. The first-order valence-electron chi connectivity index (χ1n) is 6.02. The van der Waals surface area contributed by atoms with Gasteiger partial charge in [-0.25, -0.2) is 0 Å². The van der Waals surface area contributed by atoms with Gasteiger partial charge in [0.05, 0.1) is 4.34 Å². The van der Waals surface area contributed by atoms with Crippen molar-refractivity contribution in [2.24, 2.45) is 16.6 Å². The smallest absolute Gasteiger partial charge is 0.188 e. The van der Waals surface area contributed by atoms with Gasteiger partial charge < -0.3 is 11.1 Å². The average molecular weight is 272 g/mol. The van der Waals surface area contributed by atoms with Gasteiger partial charge in [-0.3, -0.25) is 4.99 Å². The standard InChI is InChI=1S/C12H18ClN3S/c13-11-5-4-10(17-11)6-7-15-12(14)16-8-9-2-1-3-9/h4-5,9H,1-3,6-8H2,(H3,14,15,16). The highest BCUT2D eigenvalue weighted by Gasteiger charge is 2.16. The van der Waals surface area contributed by atoms with Crippen LogP contribution in [0.15, 0.2) is 17.1 Å². The second-order valence-electron chi connectivity index (χ2n) is 4.41. The number of rotatable bonds is 5. The molecule has 0 unspecified atom stereocenters. The molecule has 1 heterocycles. The molecule has 0 bridgehead atoms. The van der Waals surface area contributed by atoms with Gasteiger partial charge in [0.1, 0.15) is 0 Å². The van der Waals surface area contributed by atoms with Crippen molar-refractivity contribution < 1.29 is 0 Å². The molecule has 0 spiro atoms. The minimum atomic E-state index is 0.569. The maximum absolute atomic E-state index is 5.86. The number of guanidine groups is 1. The number of nitrogens with two attached hydrogens (primary N) is 1. The van der Waals surface area contributed by atoms with Crippen LogP contribution in [0, 0.1) is 5.92 Å². The summed E-state index contributed by atoms with van der Waals surface area (Å²) in [4.78, 5) is 5.62. The fourth-order valence-corrected chi connectivity index (χ4v) is 2.85. The zero-order valence-electron chi connectivity index (χ0n) is 9.79. The van der Waals surface area contributed by atoms with Crippen molar-refractivity contribution in [1.82, 2.24) is 5.32 Å². The van der Waals surface area contributed by atoms with Crippen LogP contribution in [0.4, 0.5) is 0 Å². The molecule has 1 aliphatic carbocycles. The Hall–Kier alpha value is -0.740. The van der Waals surface area contributed by atoms with Gasteiger partial charge in [-0.2, -0.15) is 0 Å². The van der Waals surface area contributed by atoms with Crippen LogP contribution in [0.3, 0.4) is 0 Å². The molecule has 0 saturated heterocycles. The van der Waals surface area contributed by atoms with E-state index in [4.69, 9.17) is 17.3 Å². The SMILES string of the molecule is NC(=NCC1CCC1)NCCc1ccc(Cl)s1. The van der Waals surface area contributed by atoms with Gasteiger partial charge in [0.25, 0.3) is 0 Å². The molecule has 1 fully saturated rings. The van der Waals surface area contributed by atoms with E-state index in [0.717, 1.165) is 29.8 Å². The molecule has 0 atom stereocenters. The highest BCUT2D eigenvalue weighted by Crippen LogP contribution is 2.26. The minimum Gasteiger partial charge on any atom is -0.370 e. The lowest BCUT2D eigenvalue weighted by Gasteiger charge is -2.23. The molecule has 0 radical (unpaired) electrons. The quantitative estimate of drug-likeness (QED) is 0.639. The average Bonchev–Trinajstić information content (AvgIpc) is 2.62. The van der Waals surface area contributed by atoms with E-state index in [-0.39, 0.29) is 0 Å². The number of halogens is 1. The van der Waals surface area contributed by atoms with E-state index in [9.17, 15) is 0 Å². The third kappa shape index (κ3) is 4.21. The van der Waals surface area contributed by atoms with Crippen molar-refractivity contribution in [3.8, 4) is 0 Å². The van der Waals surface area contributed by atoms with Crippen molar-refractivity contribution in [1.29, 1.82) is 0 Å². The van der Waals surface area contributed by atoms with Crippen LogP contribution in [0.1, 0.15) is 24.1 Å². The van der Waals surface area contributed by atoms with Crippen molar-refractivity contribution >= 4 is 28.9 Å². The molecule has 0 aliphatic heterocycles. The summed E-state index contributed by atoms with van der Waals surface area (Å²) in [6.07, 6.45) is 4.92. The van der Waals surface area contributed by atoms with Gasteiger partial charge in [0.15, 0.2) is 5.96 Å². The largest absolute Gasteiger partial charge is 0.370 e. The molecule has 3 N–H and O–H groups in total. The second kappa shape index (κ2) is 6.26. The monoisotopic (exact) mass is 271 g/mol. The molecule has 5 heteroatoms. The number of hydrogen-bond donors (Lipinski definition) is 2. The Morgan fingerprint density at radius 3 is 2.94 bits per heavy atom. The predicted molar refractivity (Wildman–Crippen MR) is 74.9 cm³/mol. The van der Waals surface area contributed by atoms with E-state index in [2.05, 4.69) is 16.4 Å². The number of nitrogens with zero attached hydrogens (tertiary/aromatic N) is 1. The highest BCUT2D eigenvalue weighted by molar-refractivity contribution is 7.16. The summed E-state index contributed by atoms with van der Waals surface area (Å²) in [6.45, 7) is 1.69. The van der Waals surface area contributed by atoms with Crippen molar-refractivity contribution in [3.05, 3.63) is 21.3 Å². The van der Waals surface area contributed by atoms with Crippen LogP contribution >= 0.6 is 22.9 Å². The molecule has 17 heavy (non-hydrogen) atoms. The van der Waals surface area contributed by atoms with E-state index in [1.54, 1.807) is 11.3 Å². The summed E-state index contributed by atoms with van der Waals surface area (Å²) in [6, 6.07) is 3.98. The van der Waals surface area contributed by atoms with E-state index in [0.29, 0.717) is 5.96 Å². The Labute approximate surface area is 111 Å². The molecule has 0 aromatic carbocycles. The topological polar surface area (TPSA) is 50.4 Å². The summed E-state index contributed by atoms with van der Waals surface area (Å²) >= 11 is 7.47.